The zero-order chi connectivity index (χ0) is 29.5. The number of sulfonamides is 2. The van der Waals surface area contributed by atoms with E-state index in [9.17, 15) is 26.0 Å². The van der Waals surface area contributed by atoms with Gasteiger partial charge in [0.2, 0.25) is 20.0 Å². The van der Waals surface area contributed by atoms with Crippen molar-refractivity contribution in [1.29, 1.82) is 0 Å². The number of rotatable bonds is 7. The quantitative estimate of drug-likeness (QED) is 0.333. The predicted molar refractivity (Wildman–Crippen MR) is 155 cm³/mol. The molecule has 1 aliphatic rings. The maximum atomic E-state index is 13.6. The number of hydrogen-bond acceptors (Lipinski definition) is 6. The van der Waals surface area contributed by atoms with Crippen LogP contribution in [0.15, 0.2) is 76.0 Å². The van der Waals surface area contributed by atoms with Crippen molar-refractivity contribution in [1.82, 2.24) is 9.62 Å². The van der Waals surface area contributed by atoms with Crippen LogP contribution in [-0.4, -0.2) is 60.5 Å². The van der Waals surface area contributed by atoms with E-state index < -0.39 is 31.8 Å². The summed E-state index contributed by atoms with van der Waals surface area (Å²) in [5.74, 6) is -1.04. The summed E-state index contributed by atoms with van der Waals surface area (Å²) < 4.78 is 74.6. The van der Waals surface area contributed by atoms with E-state index in [1.165, 1.54) is 42.7 Å². The number of anilines is 1. The lowest BCUT2D eigenvalue weighted by Crippen LogP contribution is -2.39. The van der Waals surface area contributed by atoms with Gasteiger partial charge >= 0.3 is 0 Å². The Hall–Kier alpha value is -3.74. The molecule has 1 atom stereocenters. The Bertz CT molecular complexity index is 1820. The summed E-state index contributed by atoms with van der Waals surface area (Å²) in [6.45, 7) is 0.461. The maximum absolute atomic E-state index is 13.6. The molecule has 0 spiro atoms. The van der Waals surface area contributed by atoms with Gasteiger partial charge in [-0.3, -0.25) is 9.10 Å². The number of furan rings is 1. The van der Waals surface area contributed by atoms with Crippen LogP contribution < -0.4 is 9.62 Å². The van der Waals surface area contributed by atoms with Gasteiger partial charge in [0.1, 0.15) is 17.2 Å². The molecule has 1 aromatic heterocycles. The molecule has 216 valence electrons. The average Bonchev–Trinajstić information content (AvgIpc) is 3.34. The average molecular weight is 600 g/mol. The molecule has 41 heavy (non-hydrogen) atoms. The Labute approximate surface area is 238 Å². The van der Waals surface area contributed by atoms with Gasteiger partial charge in [0.15, 0.2) is 0 Å². The van der Waals surface area contributed by atoms with Crippen molar-refractivity contribution in [3.05, 3.63) is 83.7 Å². The smallest absolute Gasteiger partial charge is 0.255 e. The Morgan fingerprint density at radius 1 is 1.05 bits per heavy atom. The van der Waals surface area contributed by atoms with Crippen molar-refractivity contribution < 1.29 is 30.4 Å². The second-order valence-electron chi connectivity index (χ2n) is 10.0. The molecule has 1 saturated heterocycles. The Kier molecular flexibility index (Phi) is 7.66. The minimum absolute atomic E-state index is 0.130. The zero-order valence-electron chi connectivity index (χ0n) is 22.8. The molecule has 2 heterocycles. The minimum Gasteiger partial charge on any atom is -0.455 e. The van der Waals surface area contributed by atoms with Gasteiger partial charge in [0.05, 0.1) is 22.4 Å². The Balaban J connectivity index is 1.69. The first-order valence-corrected chi connectivity index (χ1v) is 16.3. The SMILES string of the molecule is CNC(=O)c1c(-c2ccc(F)cc2)oc2cc(N(C)S(C)(=O)=O)c([C@@H]3CCCN(S(=O)(=O)c4ccccc4)C3)cc12. The number of carbonyl (C=O) groups is 1. The van der Waals surface area contributed by atoms with Crippen LogP contribution in [0.2, 0.25) is 0 Å². The van der Waals surface area contributed by atoms with Gasteiger partial charge < -0.3 is 9.73 Å². The van der Waals surface area contributed by atoms with E-state index in [1.807, 2.05) is 0 Å². The lowest BCUT2D eigenvalue weighted by atomic mass is 9.89. The lowest BCUT2D eigenvalue weighted by Gasteiger charge is -2.34. The lowest BCUT2D eigenvalue weighted by molar-refractivity contribution is 0.0964. The number of piperidine rings is 1. The fraction of sp³-hybridized carbons (Fsp3) is 0.276. The first-order valence-electron chi connectivity index (χ1n) is 13.0. The summed E-state index contributed by atoms with van der Waals surface area (Å²) >= 11 is 0. The van der Waals surface area contributed by atoms with Gasteiger partial charge in [0.25, 0.3) is 5.91 Å². The standard InChI is InChI=1S/C29H30FN3O6S2/c1-31-29(34)27-24-16-23(20-8-7-15-33(18-20)41(37,38)22-9-5-4-6-10-22)25(32(2)40(3,35)36)17-26(24)39-28(27)19-11-13-21(30)14-12-19/h4-6,9-14,16-17,20H,7-8,15,18H2,1-3H3,(H,31,34)/t20-/m1/s1. The first-order chi connectivity index (χ1) is 19.4. The molecule has 9 nitrogen and oxygen atoms in total. The number of fused-ring (bicyclic) bond motifs is 1. The fourth-order valence-corrected chi connectivity index (χ4v) is 7.30. The Morgan fingerprint density at radius 3 is 2.37 bits per heavy atom. The topological polar surface area (TPSA) is 117 Å². The molecule has 3 aromatic carbocycles. The number of hydrogen-bond donors (Lipinski definition) is 1. The Morgan fingerprint density at radius 2 is 1.73 bits per heavy atom. The summed E-state index contributed by atoms with van der Waals surface area (Å²) in [6, 6.07) is 17.0. The molecule has 5 rings (SSSR count). The second-order valence-corrected chi connectivity index (χ2v) is 14.0. The third-order valence-corrected chi connectivity index (χ3v) is 10.5. The van der Waals surface area contributed by atoms with Gasteiger partial charge in [-0.05, 0) is 66.8 Å². The van der Waals surface area contributed by atoms with Crippen molar-refractivity contribution in [2.45, 2.75) is 23.7 Å². The molecule has 0 bridgehead atoms. The third-order valence-electron chi connectivity index (χ3n) is 7.44. The molecular weight excluding hydrogens is 569 g/mol. The van der Waals surface area contributed by atoms with Crippen LogP contribution in [0.5, 0.6) is 0 Å². The molecule has 0 unspecified atom stereocenters. The zero-order valence-corrected chi connectivity index (χ0v) is 24.4. The highest BCUT2D eigenvalue weighted by molar-refractivity contribution is 7.92. The normalized spacial score (nSPS) is 16.5. The molecule has 1 fully saturated rings. The number of amides is 1. The number of halogens is 1. The van der Waals surface area contributed by atoms with Gasteiger partial charge in [0, 0.05) is 44.2 Å². The van der Waals surface area contributed by atoms with E-state index in [4.69, 9.17) is 4.42 Å². The van der Waals surface area contributed by atoms with Gasteiger partial charge in [-0.15, -0.1) is 0 Å². The van der Waals surface area contributed by atoms with Crippen molar-refractivity contribution in [2.75, 3.05) is 37.7 Å². The molecule has 0 aliphatic carbocycles. The van der Waals surface area contributed by atoms with Crippen LogP contribution in [0.4, 0.5) is 10.1 Å². The van der Waals surface area contributed by atoms with E-state index >= 15 is 0 Å². The molecular formula is C29H30FN3O6S2. The van der Waals surface area contributed by atoms with Gasteiger partial charge in [-0.1, -0.05) is 18.2 Å². The van der Waals surface area contributed by atoms with Crippen LogP contribution in [0.25, 0.3) is 22.3 Å². The second kappa shape index (κ2) is 10.9. The molecule has 0 radical (unpaired) electrons. The van der Waals surface area contributed by atoms with Crippen molar-refractivity contribution in [3.8, 4) is 11.3 Å². The monoisotopic (exact) mass is 599 g/mol. The van der Waals surface area contributed by atoms with Crippen LogP contribution in [-0.2, 0) is 20.0 Å². The summed E-state index contributed by atoms with van der Waals surface area (Å²) in [6.07, 6.45) is 2.25. The van der Waals surface area contributed by atoms with Crippen LogP contribution in [0, 0.1) is 5.82 Å². The molecule has 1 N–H and O–H groups in total. The minimum atomic E-state index is -3.78. The molecule has 12 heteroatoms. The van der Waals surface area contributed by atoms with E-state index in [0.29, 0.717) is 41.6 Å². The molecule has 0 saturated carbocycles. The van der Waals surface area contributed by atoms with Crippen LogP contribution in [0.3, 0.4) is 0 Å². The van der Waals surface area contributed by atoms with Crippen molar-refractivity contribution >= 4 is 42.6 Å². The summed E-state index contributed by atoms with van der Waals surface area (Å²) in [7, 11) is -4.59. The first kappa shape index (κ1) is 28.8. The van der Waals surface area contributed by atoms with Crippen LogP contribution in [0.1, 0.15) is 34.7 Å². The summed E-state index contributed by atoms with van der Waals surface area (Å²) in [5.41, 5.74) is 1.86. The van der Waals surface area contributed by atoms with E-state index in [2.05, 4.69) is 5.32 Å². The van der Waals surface area contributed by atoms with E-state index in [1.54, 1.807) is 42.5 Å². The maximum Gasteiger partial charge on any atom is 0.255 e. The highest BCUT2D eigenvalue weighted by Gasteiger charge is 2.34. The fourth-order valence-electron chi connectivity index (χ4n) is 5.24. The molecule has 4 aromatic rings. The highest BCUT2D eigenvalue weighted by Crippen LogP contribution is 2.42. The molecule has 1 amide bonds. The van der Waals surface area contributed by atoms with Crippen molar-refractivity contribution in [2.24, 2.45) is 0 Å². The van der Waals surface area contributed by atoms with Crippen LogP contribution >= 0.6 is 0 Å². The largest absolute Gasteiger partial charge is 0.455 e. The number of nitrogens with zero attached hydrogens (tertiary/aromatic N) is 2. The number of benzene rings is 3. The highest BCUT2D eigenvalue weighted by atomic mass is 32.2. The van der Waals surface area contributed by atoms with E-state index in [0.717, 1.165) is 10.6 Å². The summed E-state index contributed by atoms with van der Waals surface area (Å²) in [5, 5.41) is 3.06. The number of nitrogens with one attached hydrogen (secondary N) is 1. The van der Waals surface area contributed by atoms with Gasteiger partial charge in [-0.2, -0.15) is 4.31 Å². The van der Waals surface area contributed by atoms with Gasteiger partial charge in [-0.25, -0.2) is 21.2 Å². The predicted octanol–water partition coefficient (Wildman–Crippen LogP) is 4.56. The van der Waals surface area contributed by atoms with Crippen molar-refractivity contribution in [3.63, 3.8) is 0 Å². The molecule has 1 aliphatic heterocycles. The van der Waals surface area contributed by atoms with E-state index in [-0.39, 0.29) is 34.3 Å². The third kappa shape index (κ3) is 5.46. The summed E-state index contributed by atoms with van der Waals surface area (Å²) in [4.78, 5) is 13.3. The number of carbonyl (C=O) groups excluding carboxylic acids is 1.